The van der Waals surface area contributed by atoms with Crippen molar-refractivity contribution in [2.75, 3.05) is 20.7 Å². The minimum atomic E-state index is -4.37. The number of ether oxygens (including phenoxy) is 4. The highest BCUT2D eigenvalue weighted by atomic mass is 31.2. The molecule has 1 aliphatic heterocycles. The molecule has 0 spiro atoms. The smallest absolute Gasteiger partial charge is 0.388 e. The minimum Gasteiger partial charge on any atom is -0.438 e. The summed E-state index contributed by atoms with van der Waals surface area (Å²) in [6.07, 6.45) is -1.92. The van der Waals surface area contributed by atoms with Gasteiger partial charge in [-0.1, -0.05) is 5.21 Å². The van der Waals surface area contributed by atoms with Gasteiger partial charge in [-0.2, -0.15) is 0 Å². The zero-order chi connectivity index (χ0) is 31.5. The number of nitrogens with one attached hydrogen (secondary N) is 1. The number of H-pyrrole nitrogens is 1. The third kappa shape index (κ3) is 7.99. The third-order valence-corrected chi connectivity index (χ3v) is 7.59. The number of carbonyl (C=O) groups is 2. The van der Waals surface area contributed by atoms with Gasteiger partial charge in [-0.25, -0.2) is 9.48 Å². The number of rotatable bonds is 11. The number of esters is 2. The van der Waals surface area contributed by atoms with E-state index < -0.39 is 79.7 Å². The van der Waals surface area contributed by atoms with Gasteiger partial charge in [-0.05, 0) is 41.5 Å². The van der Waals surface area contributed by atoms with E-state index >= 15 is 0 Å². The van der Waals surface area contributed by atoms with Crippen LogP contribution >= 0.6 is 7.60 Å². The Kier molecular flexibility index (Phi) is 10.3. The van der Waals surface area contributed by atoms with E-state index in [9.17, 15) is 28.8 Å². The van der Waals surface area contributed by atoms with Crippen molar-refractivity contribution in [1.29, 1.82) is 0 Å². The van der Waals surface area contributed by atoms with E-state index in [4.69, 9.17) is 28.0 Å². The highest BCUT2D eigenvalue weighted by molar-refractivity contribution is 7.61. The van der Waals surface area contributed by atoms with Crippen LogP contribution in [0.4, 0.5) is 0 Å². The lowest BCUT2D eigenvalue weighted by molar-refractivity contribution is -0.161. The van der Waals surface area contributed by atoms with Crippen molar-refractivity contribution in [2.45, 2.75) is 72.6 Å². The van der Waals surface area contributed by atoms with Gasteiger partial charge in [0.05, 0.1) is 23.6 Å². The van der Waals surface area contributed by atoms with Gasteiger partial charge in [0.1, 0.15) is 18.3 Å². The van der Waals surface area contributed by atoms with Crippen LogP contribution in [0.5, 0.6) is 0 Å². The minimum absolute atomic E-state index is 0.152. The van der Waals surface area contributed by atoms with Gasteiger partial charge in [0.25, 0.3) is 5.56 Å². The Bertz CT molecular complexity index is 1390. The molecule has 0 saturated carbocycles. The van der Waals surface area contributed by atoms with Crippen molar-refractivity contribution in [2.24, 2.45) is 10.8 Å². The maximum absolute atomic E-state index is 13.7. The molecule has 42 heavy (non-hydrogen) atoms. The molecule has 2 aromatic heterocycles. The van der Waals surface area contributed by atoms with E-state index in [2.05, 4.69) is 15.3 Å². The van der Waals surface area contributed by atoms with Crippen LogP contribution in [0.2, 0.25) is 0 Å². The molecule has 1 saturated heterocycles. The Morgan fingerprint density at radius 3 is 2.14 bits per heavy atom. The molecule has 1 aliphatic rings. The average Bonchev–Trinajstić information content (AvgIpc) is 3.47. The molecule has 0 bridgehead atoms. The number of aliphatic hydroxyl groups is 1. The Hall–Kier alpha value is -3.21. The SMILES string of the molecule is COC1C(O)[C@@H](Cn2cc(P(=O)(OCOC(=O)C(C)(C)C)OCOC(=O)C(C)(C)C)nn2)O[C@H]1n1ccc(=O)[nH]c1=O. The molecule has 234 valence electrons. The molecule has 18 heteroatoms. The maximum atomic E-state index is 13.7. The van der Waals surface area contributed by atoms with Crippen molar-refractivity contribution in [3.05, 3.63) is 39.3 Å². The van der Waals surface area contributed by atoms with Crippen LogP contribution in [0.3, 0.4) is 0 Å². The fourth-order valence-corrected chi connectivity index (χ4v) is 4.71. The number of aromatic nitrogens is 5. The number of aromatic amines is 1. The van der Waals surface area contributed by atoms with Crippen LogP contribution in [0.25, 0.3) is 0 Å². The highest BCUT2D eigenvalue weighted by Gasteiger charge is 2.46. The first-order valence-corrected chi connectivity index (χ1v) is 14.3. The molecule has 17 nitrogen and oxygen atoms in total. The predicted molar refractivity (Wildman–Crippen MR) is 142 cm³/mol. The first-order chi connectivity index (χ1) is 19.5. The maximum Gasteiger partial charge on any atom is 0.388 e. The second-order valence-electron chi connectivity index (χ2n) is 11.4. The molecule has 3 heterocycles. The van der Waals surface area contributed by atoms with Crippen LogP contribution in [-0.2, 0) is 48.7 Å². The van der Waals surface area contributed by atoms with Gasteiger partial charge in [0.2, 0.25) is 13.6 Å². The van der Waals surface area contributed by atoms with Crippen molar-refractivity contribution < 1.29 is 47.3 Å². The lowest BCUT2D eigenvalue weighted by Gasteiger charge is -2.20. The fraction of sp³-hybridized carbons (Fsp3) is 0.667. The molecule has 0 radical (unpaired) electrons. The van der Waals surface area contributed by atoms with Gasteiger partial charge in [-0.3, -0.25) is 37.5 Å². The summed E-state index contributed by atoms with van der Waals surface area (Å²) in [6.45, 7) is 8.04. The van der Waals surface area contributed by atoms with Gasteiger partial charge in [0, 0.05) is 19.4 Å². The average molecular weight is 618 g/mol. The number of hydrogen-bond donors (Lipinski definition) is 2. The molecule has 2 unspecified atom stereocenters. The summed E-state index contributed by atoms with van der Waals surface area (Å²) >= 11 is 0. The van der Waals surface area contributed by atoms with Crippen molar-refractivity contribution in [1.82, 2.24) is 24.5 Å². The fourth-order valence-electron chi connectivity index (χ4n) is 3.56. The molecule has 2 aromatic rings. The Balaban J connectivity index is 1.78. The lowest BCUT2D eigenvalue weighted by atomic mass is 9.98. The summed E-state index contributed by atoms with van der Waals surface area (Å²) in [7, 11) is -3.05. The van der Waals surface area contributed by atoms with E-state index in [1.807, 2.05) is 0 Å². The first-order valence-electron chi connectivity index (χ1n) is 12.8. The predicted octanol–water partition coefficient (Wildman–Crippen LogP) is 0.0468. The van der Waals surface area contributed by atoms with Crippen molar-refractivity contribution >= 4 is 25.0 Å². The molecular weight excluding hydrogens is 581 g/mol. The summed E-state index contributed by atoms with van der Waals surface area (Å²) in [5.41, 5.74) is -3.41. The zero-order valence-corrected chi connectivity index (χ0v) is 25.2. The van der Waals surface area contributed by atoms with Crippen LogP contribution in [0.15, 0.2) is 28.0 Å². The Morgan fingerprint density at radius 2 is 1.64 bits per heavy atom. The first kappa shape index (κ1) is 33.3. The number of nitrogens with zero attached hydrogens (tertiary/aromatic N) is 4. The summed E-state index contributed by atoms with van der Waals surface area (Å²) in [5.74, 6) is -1.26. The Labute approximate surface area is 240 Å². The number of carbonyl (C=O) groups excluding carboxylic acids is 2. The van der Waals surface area contributed by atoms with Crippen LogP contribution < -0.4 is 16.7 Å². The lowest BCUT2D eigenvalue weighted by Crippen LogP contribution is -2.38. The number of aliphatic hydroxyl groups excluding tert-OH is 1. The van der Waals surface area contributed by atoms with Crippen LogP contribution in [0.1, 0.15) is 47.8 Å². The largest absolute Gasteiger partial charge is 0.438 e. The molecule has 0 aliphatic carbocycles. The topological polar surface area (TPSA) is 212 Å². The third-order valence-electron chi connectivity index (χ3n) is 5.93. The molecule has 2 N–H and O–H groups in total. The van der Waals surface area contributed by atoms with E-state index in [1.54, 1.807) is 41.5 Å². The van der Waals surface area contributed by atoms with Gasteiger partial charge < -0.3 is 24.1 Å². The molecular formula is C24H36N5O12P. The summed E-state index contributed by atoms with van der Waals surface area (Å²) in [4.78, 5) is 50.1. The molecule has 3 rings (SSSR count). The van der Waals surface area contributed by atoms with E-state index in [1.165, 1.54) is 24.2 Å². The summed E-state index contributed by atoms with van der Waals surface area (Å²) in [5, 5.41) is 18.6. The molecule has 0 amide bonds. The van der Waals surface area contributed by atoms with Gasteiger partial charge >= 0.3 is 25.2 Å². The Morgan fingerprint density at radius 1 is 1.07 bits per heavy atom. The molecule has 4 atom stereocenters. The summed E-state index contributed by atoms with van der Waals surface area (Å²) in [6, 6.07) is 1.12. The summed E-state index contributed by atoms with van der Waals surface area (Å²) < 4.78 is 47.8. The number of methoxy groups -OCH3 is 1. The molecule has 1 fully saturated rings. The van der Waals surface area contributed by atoms with E-state index in [0.717, 1.165) is 10.6 Å². The normalized spacial score (nSPS) is 21.3. The standard InChI is InChI=1S/C24H36N5O12P/c1-23(2,3)20(32)37-12-39-42(35,40-13-38-21(33)24(4,5)6)16-11-28(27-26-16)10-14-17(31)18(36-7)19(41-14)29-9-8-15(30)25-22(29)34/h8-9,11,14,17-19,31H,10,12-13H2,1-7H3,(H,25,30,34)/t14-,17?,18?,19-/m1/s1. The highest BCUT2D eigenvalue weighted by Crippen LogP contribution is 2.46. The number of hydrogen-bond acceptors (Lipinski definition) is 14. The second kappa shape index (κ2) is 13.0. The van der Waals surface area contributed by atoms with E-state index in [0.29, 0.717) is 0 Å². The second-order valence-corrected chi connectivity index (χ2v) is 13.4. The zero-order valence-electron chi connectivity index (χ0n) is 24.3. The van der Waals surface area contributed by atoms with Crippen molar-refractivity contribution in [3.8, 4) is 0 Å². The van der Waals surface area contributed by atoms with Crippen LogP contribution in [0, 0.1) is 10.8 Å². The monoisotopic (exact) mass is 617 g/mol. The van der Waals surface area contributed by atoms with Gasteiger partial charge in [0.15, 0.2) is 11.7 Å². The van der Waals surface area contributed by atoms with E-state index in [-0.39, 0.29) is 12.0 Å². The van der Waals surface area contributed by atoms with Crippen LogP contribution in [-0.4, -0.2) is 80.6 Å². The quantitative estimate of drug-likeness (QED) is 0.194. The van der Waals surface area contributed by atoms with Crippen molar-refractivity contribution in [3.63, 3.8) is 0 Å². The van der Waals surface area contributed by atoms with Gasteiger partial charge in [-0.15, -0.1) is 5.10 Å². The molecule has 0 aromatic carbocycles.